The Morgan fingerprint density at radius 2 is 2.11 bits per heavy atom. The van der Waals surface area contributed by atoms with E-state index in [-0.39, 0.29) is 11.7 Å². The number of hydrogen-bond acceptors (Lipinski definition) is 5. The fraction of sp³-hybridized carbons (Fsp3) is 0.286. The van der Waals surface area contributed by atoms with Gasteiger partial charge in [0.2, 0.25) is 0 Å². The number of carbonyl (C=O) groups excluding carboxylic acids is 1. The lowest BCUT2D eigenvalue weighted by molar-refractivity contribution is 0.0930. The molecule has 2 aromatic heterocycles. The van der Waals surface area contributed by atoms with Crippen molar-refractivity contribution >= 4 is 22.2 Å². The lowest BCUT2D eigenvalue weighted by Crippen LogP contribution is -2.38. The topological polar surface area (TPSA) is 57.5 Å². The average Bonchev–Trinajstić information content (AvgIpc) is 3.32. The highest BCUT2D eigenvalue weighted by Crippen LogP contribution is 2.41. The standard InChI is InChI=1S/C21H20FN3O2S/c1-2-25-10-9-13-17(11-25)28-21-18(13)20(26)23-19(24-21)16-8-7-15(27-16)12-5-3-4-6-14(12)22/h3-8,19,24H,2,9-11H2,1H3,(H,23,26)/t19-/m0/s1. The Hall–Kier alpha value is -2.64. The molecule has 0 aliphatic carbocycles. The van der Waals surface area contributed by atoms with Crippen molar-refractivity contribution in [3.05, 3.63) is 64.0 Å². The fourth-order valence-corrected chi connectivity index (χ4v) is 5.21. The van der Waals surface area contributed by atoms with E-state index in [9.17, 15) is 9.18 Å². The van der Waals surface area contributed by atoms with Gasteiger partial charge >= 0.3 is 0 Å². The molecule has 4 heterocycles. The maximum atomic E-state index is 14.0. The van der Waals surface area contributed by atoms with Gasteiger partial charge in [-0.1, -0.05) is 19.1 Å². The first-order chi connectivity index (χ1) is 13.6. The summed E-state index contributed by atoms with van der Waals surface area (Å²) in [7, 11) is 0. The zero-order chi connectivity index (χ0) is 19.3. The lowest BCUT2D eigenvalue weighted by Gasteiger charge is -2.27. The number of nitrogens with zero attached hydrogens (tertiary/aromatic N) is 1. The van der Waals surface area contributed by atoms with Crippen molar-refractivity contribution in [2.45, 2.75) is 26.1 Å². The fourth-order valence-electron chi connectivity index (χ4n) is 3.89. The first-order valence-electron chi connectivity index (χ1n) is 9.43. The molecule has 5 nitrogen and oxygen atoms in total. The number of nitrogens with one attached hydrogen (secondary N) is 2. The summed E-state index contributed by atoms with van der Waals surface area (Å²) in [4.78, 5) is 16.5. The van der Waals surface area contributed by atoms with Gasteiger partial charge in [0.1, 0.15) is 22.3 Å². The molecular weight excluding hydrogens is 377 g/mol. The van der Waals surface area contributed by atoms with E-state index in [1.54, 1.807) is 41.7 Å². The van der Waals surface area contributed by atoms with Crippen LogP contribution in [0.2, 0.25) is 0 Å². The molecule has 1 aromatic carbocycles. The van der Waals surface area contributed by atoms with Gasteiger partial charge in [0.05, 0.1) is 11.1 Å². The van der Waals surface area contributed by atoms with Crippen LogP contribution in [-0.2, 0) is 13.0 Å². The van der Waals surface area contributed by atoms with Gasteiger partial charge < -0.3 is 15.1 Å². The molecule has 0 spiro atoms. The zero-order valence-corrected chi connectivity index (χ0v) is 16.2. The van der Waals surface area contributed by atoms with Gasteiger partial charge in [-0.2, -0.15) is 0 Å². The second-order valence-corrected chi connectivity index (χ2v) is 8.16. The third-order valence-corrected chi connectivity index (χ3v) is 6.56. The Kier molecular flexibility index (Phi) is 4.21. The van der Waals surface area contributed by atoms with E-state index < -0.39 is 6.17 Å². The summed E-state index contributed by atoms with van der Waals surface area (Å²) in [6.45, 7) is 5.04. The second kappa shape index (κ2) is 6.76. The van der Waals surface area contributed by atoms with Crippen LogP contribution in [0, 0.1) is 5.82 Å². The van der Waals surface area contributed by atoms with E-state index in [0.717, 1.165) is 36.6 Å². The number of rotatable bonds is 3. The summed E-state index contributed by atoms with van der Waals surface area (Å²) in [6, 6.07) is 10.00. The van der Waals surface area contributed by atoms with E-state index in [1.807, 2.05) is 0 Å². The van der Waals surface area contributed by atoms with E-state index in [4.69, 9.17) is 4.42 Å². The van der Waals surface area contributed by atoms with Gasteiger partial charge in [-0.3, -0.25) is 9.69 Å². The van der Waals surface area contributed by atoms with Crippen molar-refractivity contribution in [1.29, 1.82) is 0 Å². The van der Waals surface area contributed by atoms with Crippen LogP contribution in [0.25, 0.3) is 11.3 Å². The molecule has 7 heteroatoms. The molecule has 5 rings (SSSR count). The number of likely N-dealkylation sites (N-methyl/N-ethyl adjacent to an activating group) is 1. The molecular formula is C21H20FN3O2S. The molecule has 28 heavy (non-hydrogen) atoms. The largest absolute Gasteiger partial charge is 0.457 e. The van der Waals surface area contributed by atoms with Crippen molar-refractivity contribution < 1.29 is 13.6 Å². The lowest BCUT2D eigenvalue weighted by atomic mass is 10.0. The number of benzene rings is 1. The number of fused-ring (bicyclic) bond motifs is 3. The van der Waals surface area contributed by atoms with E-state index in [2.05, 4.69) is 22.5 Å². The normalized spacial score (nSPS) is 18.9. The highest BCUT2D eigenvalue weighted by molar-refractivity contribution is 7.16. The van der Waals surface area contributed by atoms with Crippen LogP contribution in [0.5, 0.6) is 0 Å². The Bertz CT molecular complexity index is 1060. The van der Waals surface area contributed by atoms with Gasteiger partial charge in [-0.15, -0.1) is 11.3 Å². The molecule has 2 aliphatic rings. The summed E-state index contributed by atoms with van der Waals surface area (Å²) in [5, 5.41) is 7.27. The summed E-state index contributed by atoms with van der Waals surface area (Å²) >= 11 is 1.65. The second-order valence-electron chi connectivity index (χ2n) is 7.06. The molecule has 0 fully saturated rings. The number of halogens is 1. The Morgan fingerprint density at radius 1 is 1.25 bits per heavy atom. The SMILES string of the molecule is CCN1CCc2c(sc3c2C(=O)N[C@H](c2ccc(-c4ccccc4F)o2)N3)C1. The number of amides is 1. The molecule has 3 aromatic rings. The highest BCUT2D eigenvalue weighted by atomic mass is 32.1. The molecule has 1 atom stereocenters. The van der Waals surface area contributed by atoms with E-state index in [0.29, 0.717) is 17.1 Å². The average molecular weight is 397 g/mol. The monoisotopic (exact) mass is 397 g/mol. The molecule has 1 amide bonds. The minimum atomic E-state index is -0.470. The predicted molar refractivity (Wildman–Crippen MR) is 107 cm³/mol. The van der Waals surface area contributed by atoms with Gasteiger partial charge in [-0.25, -0.2) is 4.39 Å². The third kappa shape index (κ3) is 2.82. The van der Waals surface area contributed by atoms with Crippen molar-refractivity contribution in [2.75, 3.05) is 18.4 Å². The van der Waals surface area contributed by atoms with Gasteiger partial charge in [-0.05, 0) is 42.8 Å². The first-order valence-corrected chi connectivity index (χ1v) is 10.2. The highest BCUT2D eigenvalue weighted by Gasteiger charge is 2.34. The number of anilines is 1. The minimum Gasteiger partial charge on any atom is -0.457 e. The van der Waals surface area contributed by atoms with E-state index >= 15 is 0 Å². The van der Waals surface area contributed by atoms with Crippen LogP contribution < -0.4 is 10.6 Å². The summed E-state index contributed by atoms with van der Waals surface area (Å²) in [5.74, 6) is 0.584. The van der Waals surface area contributed by atoms with Crippen LogP contribution in [0.4, 0.5) is 9.39 Å². The summed E-state index contributed by atoms with van der Waals surface area (Å²) in [5.41, 5.74) is 2.34. The molecule has 0 bridgehead atoms. The molecule has 0 unspecified atom stereocenters. The predicted octanol–water partition coefficient (Wildman–Crippen LogP) is 4.38. The van der Waals surface area contributed by atoms with Gasteiger partial charge in [0.25, 0.3) is 5.91 Å². The quantitative estimate of drug-likeness (QED) is 0.689. The zero-order valence-electron chi connectivity index (χ0n) is 15.4. The number of furan rings is 1. The van der Waals surface area contributed by atoms with Crippen molar-refractivity contribution in [2.24, 2.45) is 0 Å². The molecule has 2 aliphatic heterocycles. The number of thiophene rings is 1. The number of carbonyl (C=O) groups is 1. The number of hydrogen-bond donors (Lipinski definition) is 2. The maximum Gasteiger partial charge on any atom is 0.256 e. The van der Waals surface area contributed by atoms with Gasteiger partial charge in [0.15, 0.2) is 6.17 Å². The van der Waals surface area contributed by atoms with E-state index in [1.165, 1.54) is 16.5 Å². The van der Waals surface area contributed by atoms with Crippen LogP contribution >= 0.6 is 11.3 Å². The third-order valence-electron chi connectivity index (χ3n) is 5.41. The molecule has 144 valence electrons. The van der Waals surface area contributed by atoms with Crippen molar-refractivity contribution in [3.8, 4) is 11.3 Å². The Morgan fingerprint density at radius 3 is 2.93 bits per heavy atom. The van der Waals surface area contributed by atoms with Crippen LogP contribution in [-0.4, -0.2) is 23.9 Å². The Labute approximate surface area is 166 Å². The van der Waals surface area contributed by atoms with Gasteiger partial charge in [0, 0.05) is 18.0 Å². The summed E-state index contributed by atoms with van der Waals surface area (Å²) < 4.78 is 19.9. The van der Waals surface area contributed by atoms with Crippen molar-refractivity contribution in [3.63, 3.8) is 0 Å². The van der Waals surface area contributed by atoms with Crippen LogP contribution in [0.1, 0.15) is 39.6 Å². The van der Waals surface area contributed by atoms with Crippen LogP contribution in [0.15, 0.2) is 40.8 Å². The van der Waals surface area contributed by atoms with Crippen LogP contribution in [0.3, 0.4) is 0 Å². The molecule has 2 N–H and O–H groups in total. The molecule has 0 saturated carbocycles. The molecule has 0 saturated heterocycles. The minimum absolute atomic E-state index is 0.0787. The smallest absolute Gasteiger partial charge is 0.256 e. The first kappa shape index (κ1) is 17.5. The molecule has 0 radical (unpaired) electrons. The Balaban J connectivity index is 1.44. The summed E-state index contributed by atoms with van der Waals surface area (Å²) in [6.07, 6.45) is 0.426. The maximum absolute atomic E-state index is 14.0. The van der Waals surface area contributed by atoms with Crippen molar-refractivity contribution in [1.82, 2.24) is 10.2 Å².